The quantitative estimate of drug-likeness (QED) is 0.160. The standard InChI is InChI=1S/C34H22ClF3N2O4/c1-19-10-11-20-6-3-5-9-24(20)27(19)18-44-30-15-12-21-7-2-4-8-23(21)25(30)17-26-31(41)39-33(43)40(32(26)42)29-16-22(34(36,37)38)13-14-28(29)35/h2-17H,18H2,1H3,(H,39,41,43)/b26-17-. The Labute approximate surface area is 254 Å². The number of aryl methyl sites for hydroxylation is 1. The Kier molecular flexibility index (Phi) is 7.34. The zero-order valence-electron chi connectivity index (χ0n) is 23.0. The summed E-state index contributed by atoms with van der Waals surface area (Å²) in [6.45, 7) is 2.15. The maximum absolute atomic E-state index is 13.7. The first-order valence-electron chi connectivity index (χ1n) is 13.4. The number of carbonyl (C=O) groups excluding carboxylic acids is 3. The van der Waals surface area contributed by atoms with Crippen molar-refractivity contribution in [3.8, 4) is 5.75 Å². The van der Waals surface area contributed by atoms with Gasteiger partial charge in [0.1, 0.15) is 17.9 Å². The highest BCUT2D eigenvalue weighted by Gasteiger charge is 2.40. The third-order valence-corrected chi connectivity index (χ3v) is 7.80. The highest BCUT2D eigenvalue weighted by molar-refractivity contribution is 6.42. The van der Waals surface area contributed by atoms with Crippen molar-refractivity contribution in [2.75, 3.05) is 4.90 Å². The van der Waals surface area contributed by atoms with Crippen LogP contribution in [0.25, 0.3) is 27.6 Å². The van der Waals surface area contributed by atoms with E-state index in [1.54, 1.807) is 18.2 Å². The second-order valence-electron chi connectivity index (χ2n) is 10.2. The summed E-state index contributed by atoms with van der Waals surface area (Å²) in [6.07, 6.45) is -3.48. The van der Waals surface area contributed by atoms with Crippen LogP contribution in [0.3, 0.4) is 0 Å². The minimum Gasteiger partial charge on any atom is -0.488 e. The number of nitrogens with zero attached hydrogens (tertiary/aromatic N) is 1. The van der Waals surface area contributed by atoms with Crippen molar-refractivity contribution in [1.29, 1.82) is 0 Å². The van der Waals surface area contributed by atoms with Crippen LogP contribution in [0.1, 0.15) is 22.3 Å². The molecule has 1 heterocycles. The van der Waals surface area contributed by atoms with Gasteiger partial charge in [0, 0.05) is 11.1 Å². The first-order chi connectivity index (χ1) is 21.0. The fourth-order valence-corrected chi connectivity index (χ4v) is 5.42. The number of carbonyl (C=O) groups is 3. The molecule has 5 aromatic rings. The monoisotopic (exact) mass is 614 g/mol. The molecule has 0 bridgehead atoms. The molecule has 0 radical (unpaired) electrons. The van der Waals surface area contributed by atoms with Crippen LogP contribution in [-0.4, -0.2) is 17.8 Å². The fraction of sp³-hybridized carbons (Fsp3) is 0.0882. The average Bonchev–Trinajstić information content (AvgIpc) is 2.99. The molecule has 1 fully saturated rings. The number of amides is 4. The van der Waals surface area contributed by atoms with Gasteiger partial charge in [-0.3, -0.25) is 14.9 Å². The van der Waals surface area contributed by atoms with Crippen molar-refractivity contribution in [2.24, 2.45) is 0 Å². The van der Waals surface area contributed by atoms with Crippen molar-refractivity contribution >= 4 is 62.8 Å². The van der Waals surface area contributed by atoms with Gasteiger partial charge >= 0.3 is 12.2 Å². The number of hydrogen-bond acceptors (Lipinski definition) is 4. The van der Waals surface area contributed by atoms with Gasteiger partial charge in [-0.1, -0.05) is 78.3 Å². The summed E-state index contributed by atoms with van der Waals surface area (Å²) >= 11 is 6.15. The Balaban J connectivity index is 1.45. The van der Waals surface area contributed by atoms with Crippen LogP contribution in [0.2, 0.25) is 5.02 Å². The molecule has 1 saturated heterocycles. The molecule has 44 heavy (non-hydrogen) atoms. The van der Waals surface area contributed by atoms with Gasteiger partial charge in [-0.25, -0.2) is 9.69 Å². The fourth-order valence-electron chi connectivity index (χ4n) is 5.22. The number of urea groups is 1. The number of ether oxygens (including phenoxy) is 1. The van der Waals surface area contributed by atoms with Gasteiger partial charge < -0.3 is 4.74 Å². The summed E-state index contributed by atoms with van der Waals surface area (Å²) in [5.74, 6) is -1.79. The van der Waals surface area contributed by atoms with E-state index in [1.165, 1.54) is 6.08 Å². The molecule has 0 aliphatic carbocycles. The predicted octanol–water partition coefficient (Wildman–Crippen LogP) is 8.22. The molecule has 1 aliphatic rings. The van der Waals surface area contributed by atoms with E-state index < -0.39 is 40.8 Å². The van der Waals surface area contributed by atoms with Crippen LogP contribution < -0.4 is 15.0 Å². The zero-order chi connectivity index (χ0) is 31.2. The minimum atomic E-state index is -4.76. The van der Waals surface area contributed by atoms with Gasteiger partial charge in [0.05, 0.1) is 16.3 Å². The Morgan fingerprint density at radius 2 is 1.52 bits per heavy atom. The molecule has 220 valence electrons. The topological polar surface area (TPSA) is 75.7 Å². The van der Waals surface area contributed by atoms with Crippen LogP contribution in [0, 0.1) is 6.92 Å². The average molecular weight is 615 g/mol. The largest absolute Gasteiger partial charge is 0.488 e. The van der Waals surface area contributed by atoms with E-state index in [0.29, 0.717) is 27.7 Å². The second kappa shape index (κ2) is 11.2. The van der Waals surface area contributed by atoms with E-state index in [0.717, 1.165) is 39.4 Å². The molecule has 4 amide bonds. The Morgan fingerprint density at radius 3 is 2.25 bits per heavy atom. The van der Waals surface area contributed by atoms with Gasteiger partial charge in [0.15, 0.2) is 0 Å². The summed E-state index contributed by atoms with van der Waals surface area (Å²) in [4.78, 5) is 39.9. The van der Waals surface area contributed by atoms with Gasteiger partial charge in [-0.15, -0.1) is 0 Å². The number of benzene rings is 5. The third-order valence-electron chi connectivity index (χ3n) is 7.48. The number of imide groups is 2. The molecular weight excluding hydrogens is 593 g/mol. The van der Waals surface area contributed by atoms with Gasteiger partial charge in [0.25, 0.3) is 11.8 Å². The summed E-state index contributed by atoms with van der Waals surface area (Å²) in [7, 11) is 0. The molecule has 0 spiro atoms. The summed E-state index contributed by atoms with van der Waals surface area (Å²) in [6, 6.07) is 23.7. The Morgan fingerprint density at radius 1 is 0.864 bits per heavy atom. The van der Waals surface area contributed by atoms with Crippen molar-refractivity contribution in [3.63, 3.8) is 0 Å². The van der Waals surface area contributed by atoms with E-state index in [-0.39, 0.29) is 11.6 Å². The van der Waals surface area contributed by atoms with Crippen molar-refractivity contribution < 1.29 is 32.3 Å². The number of alkyl halides is 3. The maximum Gasteiger partial charge on any atom is 0.416 e. The van der Waals surface area contributed by atoms with E-state index >= 15 is 0 Å². The summed E-state index contributed by atoms with van der Waals surface area (Å²) < 4.78 is 46.7. The van der Waals surface area contributed by atoms with Crippen LogP contribution in [-0.2, 0) is 22.4 Å². The molecule has 0 unspecified atom stereocenters. The third kappa shape index (κ3) is 5.26. The van der Waals surface area contributed by atoms with Crippen LogP contribution in [0.5, 0.6) is 5.75 Å². The van der Waals surface area contributed by atoms with Gasteiger partial charge in [-0.05, 0) is 64.4 Å². The van der Waals surface area contributed by atoms with Crippen LogP contribution in [0.15, 0.2) is 96.6 Å². The van der Waals surface area contributed by atoms with E-state index in [1.807, 2.05) is 66.8 Å². The lowest BCUT2D eigenvalue weighted by Gasteiger charge is -2.27. The predicted molar refractivity (Wildman–Crippen MR) is 162 cm³/mol. The molecule has 6 rings (SSSR count). The lowest BCUT2D eigenvalue weighted by molar-refractivity contribution is -0.137. The van der Waals surface area contributed by atoms with Gasteiger partial charge in [0.2, 0.25) is 0 Å². The molecule has 1 N–H and O–H groups in total. The number of fused-ring (bicyclic) bond motifs is 2. The molecule has 6 nitrogen and oxygen atoms in total. The van der Waals surface area contributed by atoms with Crippen molar-refractivity contribution in [3.05, 3.63) is 124 Å². The van der Waals surface area contributed by atoms with Crippen molar-refractivity contribution in [1.82, 2.24) is 5.32 Å². The number of anilines is 1. The molecule has 10 heteroatoms. The van der Waals surface area contributed by atoms with E-state index in [9.17, 15) is 27.6 Å². The Hall–Kier alpha value is -5.15. The molecular formula is C34H22ClF3N2O4. The van der Waals surface area contributed by atoms with E-state index in [2.05, 4.69) is 0 Å². The normalized spacial score (nSPS) is 14.9. The lowest BCUT2D eigenvalue weighted by Crippen LogP contribution is -2.54. The SMILES string of the molecule is Cc1ccc2ccccc2c1COc1ccc2ccccc2c1/C=C1/C(=O)NC(=O)N(c2cc(C(F)(F)F)ccc2Cl)C1=O. The smallest absolute Gasteiger partial charge is 0.416 e. The number of rotatable bonds is 5. The van der Waals surface area contributed by atoms with E-state index in [4.69, 9.17) is 16.3 Å². The zero-order valence-corrected chi connectivity index (χ0v) is 23.8. The number of hydrogen-bond donors (Lipinski definition) is 1. The first-order valence-corrected chi connectivity index (χ1v) is 13.8. The summed E-state index contributed by atoms with van der Waals surface area (Å²) in [5.41, 5.74) is 0.233. The molecule has 0 aromatic heterocycles. The molecule has 0 saturated carbocycles. The summed E-state index contributed by atoms with van der Waals surface area (Å²) in [5, 5.41) is 5.25. The van der Waals surface area contributed by atoms with Crippen LogP contribution >= 0.6 is 11.6 Å². The number of halogens is 4. The van der Waals surface area contributed by atoms with Crippen LogP contribution in [0.4, 0.5) is 23.7 Å². The number of nitrogens with one attached hydrogen (secondary N) is 1. The minimum absolute atomic E-state index is 0.173. The molecule has 5 aromatic carbocycles. The van der Waals surface area contributed by atoms with Crippen molar-refractivity contribution in [2.45, 2.75) is 19.7 Å². The molecule has 0 atom stereocenters. The maximum atomic E-state index is 13.7. The van der Waals surface area contributed by atoms with Gasteiger partial charge in [-0.2, -0.15) is 13.2 Å². The first kappa shape index (κ1) is 28.9. The lowest BCUT2D eigenvalue weighted by atomic mass is 9.99. The Bertz CT molecular complexity index is 2040. The number of barbiturate groups is 1. The highest BCUT2D eigenvalue weighted by atomic mass is 35.5. The second-order valence-corrected chi connectivity index (χ2v) is 10.6. The molecule has 1 aliphatic heterocycles. The highest BCUT2D eigenvalue weighted by Crippen LogP contribution is 2.38.